The van der Waals surface area contributed by atoms with Gasteiger partial charge < -0.3 is 4.74 Å². The molecule has 0 saturated carbocycles. The second-order valence-electron chi connectivity index (χ2n) is 29.1. The van der Waals surface area contributed by atoms with Crippen LogP contribution in [0.25, 0.3) is 32.7 Å². The number of fused-ring (bicyclic) bond motifs is 8. The molecule has 3 aliphatic heterocycles. The Morgan fingerprint density at radius 3 is 1.11 bits per heavy atom. The average Bonchev–Trinajstić information content (AvgIpc) is 1.58. The van der Waals surface area contributed by atoms with E-state index in [1.807, 2.05) is 75.3 Å². The van der Waals surface area contributed by atoms with Crippen LogP contribution in [0.5, 0.6) is 11.5 Å². The molecule has 3 heterocycles. The highest BCUT2D eigenvalue weighted by atomic mass is 31.2. The molecule has 2 atom stereocenters. The number of nitrogens with zero attached hydrogens (tertiary/aromatic N) is 1. The van der Waals surface area contributed by atoms with E-state index in [9.17, 15) is 52.7 Å². The molecule has 0 N–H and O–H groups in total. The standard InChI is InChI=1S/C47H40NO4P.C33H24F12.C9H12.5C2H6/c1-46(2)48-42(32-49-45(48)37-22-10-5-11-23-37)47(30-33-16-6-3-7-17-33,31-34-18-8-4-9-19-34)52-53(46)50-40-28-26-35-20-12-14-24-38(35)43(40)44-39-25-15-13-21-36(39)27-29-41(44)51-53;1-17-5-18(2)7-21(6-17)29(22-8-19(3)10-25(12-22)30(34,35)36,23-9-20(4)11-26(13-23)31(37,38)39)24-14-27(32(40,41)42)16-28(15-24)33(43,44)45;1-2-5-9(6-3-1)7-4-8-9;5*1-2/h3-29,42H,30-32H2,1-2H3;5-16H,1-4H3;1-2,4,7H,3,5-6,8H2;5*1-2H3/q+2;;;;;;;/t42-;;;;;;;/m1......./s1. The van der Waals surface area contributed by atoms with Crippen molar-refractivity contribution in [2.75, 3.05) is 6.61 Å². The van der Waals surface area contributed by atoms with Gasteiger partial charge in [-0.3, -0.25) is 9.05 Å². The van der Waals surface area contributed by atoms with E-state index < -0.39 is 87.9 Å². The molecule has 11 aromatic rings. The van der Waals surface area contributed by atoms with E-state index in [0.29, 0.717) is 60.3 Å². The first-order valence-electron chi connectivity index (χ1n) is 40.3. The van der Waals surface area contributed by atoms with Crippen molar-refractivity contribution in [3.05, 3.63) is 344 Å². The Balaban J connectivity index is 0.000000221. The van der Waals surface area contributed by atoms with Crippen LogP contribution in [0.4, 0.5) is 52.7 Å². The summed E-state index contributed by atoms with van der Waals surface area (Å²) in [5.41, 5.74) is -4.70. The molecule has 0 bridgehead atoms. The molecular formula is C99H106F12NO4P+2. The monoisotopic (exact) mass is 1630 g/mol. The molecule has 1 fully saturated rings. The van der Waals surface area contributed by atoms with Crippen molar-refractivity contribution in [2.24, 2.45) is 5.41 Å². The van der Waals surface area contributed by atoms with Crippen LogP contribution in [0.2, 0.25) is 0 Å². The molecule has 117 heavy (non-hydrogen) atoms. The highest BCUT2D eigenvalue weighted by Gasteiger charge is 2.83. The van der Waals surface area contributed by atoms with Crippen LogP contribution in [0.1, 0.15) is 192 Å². The maximum atomic E-state index is 14.2. The smallest absolute Gasteiger partial charge is 0.437 e. The molecule has 16 rings (SSSR count). The number of hydrogen-bond acceptors (Lipinski definition) is 4. The lowest BCUT2D eigenvalue weighted by atomic mass is 9.63. The summed E-state index contributed by atoms with van der Waals surface area (Å²) in [6, 6.07) is 66.8. The Labute approximate surface area is 682 Å². The highest BCUT2D eigenvalue weighted by molar-refractivity contribution is 7.63. The first-order valence-corrected chi connectivity index (χ1v) is 41.9. The molecule has 5 aliphatic rings. The van der Waals surface area contributed by atoms with E-state index in [4.69, 9.17) is 18.3 Å². The van der Waals surface area contributed by atoms with Crippen molar-refractivity contribution in [1.29, 1.82) is 0 Å². The van der Waals surface area contributed by atoms with Gasteiger partial charge in [-0.05, 0) is 180 Å². The molecule has 18 heteroatoms. The van der Waals surface area contributed by atoms with Crippen LogP contribution >= 0.6 is 7.94 Å². The molecule has 1 unspecified atom stereocenters. The number of ether oxygens (including phenoxy) is 1. The predicted octanol–water partition coefficient (Wildman–Crippen LogP) is 30.2. The first kappa shape index (κ1) is 90.9. The third-order valence-corrected chi connectivity index (χ3v) is 24.1. The molecule has 0 amide bonds. The molecule has 0 aromatic heterocycles. The molecule has 2 aliphatic carbocycles. The zero-order valence-electron chi connectivity index (χ0n) is 69.4. The van der Waals surface area contributed by atoms with Crippen molar-refractivity contribution in [1.82, 2.24) is 0 Å². The van der Waals surface area contributed by atoms with Crippen LogP contribution in [0, 0.1) is 33.1 Å². The van der Waals surface area contributed by atoms with Gasteiger partial charge in [0.1, 0.15) is 0 Å². The van der Waals surface area contributed by atoms with Crippen LogP contribution < -0.4 is 9.05 Å². The summed E-state index contributed by atoms with van der Waals surface area (Å²) in [5, 5.41) is 3.70. The maximum absolute atomic E-state index is 14.2. The number of hydrogen-bond donors (Lipinski definition) is 0. The van der Waals surface area contributed by atoms with Crippen molar-refractivity contribution in [3.8, 4) is 22.6 Å². The Morgan fingerprint density at radius 1 is 0.393 bits per heavy atom. The van der Waals surface area contributed by atoms with Gasteiger partial charge in [0.25, 0.3) is 0 Å². The Kier molecular flexibility index (Phi) is 29.3. The minimum atomic E-state index is -5.36. The van der Waals surface area contributed by atoms with Gasteiger partial charge in [-0.1, -0.05) is 286 Å². The van der Waals surface area contributed by atoms with E-state index in [1.165, 1.54) is 76.6 Å². The molecule has 2 spiro atoms. The minimum absolute atomic E-state index is 0.0831. The normalized spacial score (nSPS) is 17.0. The van der Waals surface area contributed by atoms with E-state index in [-0.39, 0.29) is 28.8 Å². The minimum Gasteiger partial charge on any atom is -0.437 e. The largest absolute Gasteiger partial charge is 0.574 e. The van der Waals surface area contributed by atoms with Crippen molar-refractivity contribution in [3.63, 3.8) is 0 Å². The summed E-state index contributed by atoms with van der Waals surface area (Å²) in [6.07, 6.45) is -4.89. The van der Waals surface area contributed by atoms with Crippen LogP contribution in [0.15, 0.2) is 261 Å². The third-order valence-electron chi connectivity index (χ3n) is 21.1. The van der Waals surface area contributed by atoms with Gasteiger partial charge in [-0.25, -0.2) is 0 Å². The quantitative estimate of drug-likeness (QED) is 0.0475. The molecule has 618 valence electrons. The molecule has 5 nitrogen and oxygen atoms in total. The van der Waals surface area contributed by atoms with Gasteiger partial charge >= 0.3 is 43.8 Å². The maximum Gasteiger partial charge on any atom is 0.574 e. The van der Waals surface area contributed by atoms with E-state index in [0.717, 1.165) is 79.9 Å². The zero-order chi connectivity index (χ0) is 85.7. The number of alkyl halides is 12. The topological polar surface area (TPSA) is 39.9 Å². The molecule has 11 aromatic carbocycles. The second kappa shape index (κ2) is 37.8. The van der Waals surface area contributed by atoms with Gasteiger partial charge in [0.15, 0.2) is 23.7 Å². The molecule has 0 radical (unpaired) electrons. The first-order chi connectivity index (χ1) is 55.8. The Morgan fingerprint density at radius 2 is 0.735 bits per heavy atom. The summed E-state index contributed by atoms with van der Waals surface area (Å²) in [5.74, 6) is 2.34. The third kappa shape index (κ3) is 19.3. The van der Waals surface area contributed by atoms with Crippen LogP contribution in [-0.2, 0) is 52.2 Å². The van der Waals surface area contributed by atoms with Crippen LogP contribution in [-0.4, -0.2) is 34.0 Å². The zero-order valence-corrected chi connectivity index (χ0v) is 70.3. The van der Waals surface area contributed by atoms with Gasteiger partial charge in [0.05, 0.1) is 33.2 Å². The fraction of sp³-hybridized carbons (Fsp3) is 0.323. The van der Waals surface area contributed by atoms with Gasteiger partial charge in [-0.15, -0.1) is 9.10 Å². The average molecular weight is 1630 g/mol. The van der Waals surface area contributed by atoms with Crippen LogP contribution in [0.3, 0.4) is 0 Å². The fourth-order valence-electron chi connectivity index (χ4n) is 16.1. The number of halogens is 12. The van der Waals surface area contributed by atoms with E-state index in [1.54, 1.807) is 6.07 Å². The van der Waals surface area contributed by atoms with Gasteiger partial charge in [0, 0.05) is 37.8 Å². The lowest BCUT2D eigenvalue weighted by Crippen LogP contribution is -2.65. The molecule has 1 saturated heterocycles. The van der Waals surface area contributed by atoms with Crippen molar-refractivity contribution >= 4 is 35.4 Å². The van der Waals surface area contributed by atoms with E-state index >= 15 is 0 Å². The van der Waals surface area contributed by atoms with Gasteiger partial charge in [-0.2, -0.15) is 52.7 Å². The van der Waals surface area contributed by atoms with Crippen molar-refractivity contribution in [2.45, 2.75) is 196 Å². The summed E-state index contributed by atoms with van der Waals surface area (Å²) < 4.78 is 202. The van der Waals surface area contributed by atoms with Gasteiger partial charge in [0.2, 0.25) is 6.04 Å². The Bertz CT molecular complexity index is 5030. The predicted molar refractivity (Wildman–Crippen MR) is 453 cm³/mol. The fourth-order valence-corrected chi connectivity index (χ4v) is 19.0. The lowest BCUT2D eigenvalue weighted by molar-refractivity contribution is -0.630. The number of benzene rings is 11. The summed E-state index contributed by atoms with van der Waals surface area (Å²) >= 11 is 0. The SMILES string of the molecule is C1=CCC2(C=CC2)CC1.CC.CC.CC.CC.CC.CC1(C)[N+]2=C(c3ccccc3)OC[C@@H]2C(Cc2ccccc2)(Cc2ccccc2)O[P+]12Oc1ccc3ccccc3c1-c1c(ccc3ccccc13)O2.Cc1cc(C)cc(C(c2cc(C)cc(C(F)(F)F)c2)(c2cc(C)cc(C(F)(F)F)c2)c2cc(C(F)(F)F)cc(C(F)(F)F)c2)c1. The van der Waals surface area contributed by atoms with E-state index in [2.05, 4.69) is 200 Å². The lowest BCUT2D eigenvalue weighted by Gasteiger charge is -2.45. The summed E-state index contributed by atoms with van der Waals surface area (Å²) in [7, 11) is -3.45. The van der Waals surface area contributed by atoms with Crippen molar-refractivity contribution < 1.29 is 75.6 Å². The highest BCUT2D eigenvalue weighted by Crippen LogP contribution is 2.78. The second-order valence-corrected chi connectivity index (χ2v) is 31.8. The summed E-state index contributed by atoms with van der Waals surface area (Å²) in [6.45, 7) is 30.4. The number of aryl methyl sites for hydroxylation is 4. The number of rotatable bonds is 9. The molecular weight excluding hydrogens is 1530 g/mol. The number of allylic oxidation sites excluding steroid dienone is 4. The summed E-state index contributed by atoms with van der Waals surface area (Å²) in [4.78, 5) is 0. The Hall–Kier alpha value is -9.96.